The fraction of sp³-hybridized carbons (Fsp3) is 0.632. The lowest BCUT2D eigenvalue weighted by Gasteiger charge is -2.31. The molecule has 1 heterocycles. The van der Waals surface area contributed by atoms with Gasteiger partial charge >= 0.3 is 0 Å². The molecule has 0 radical (unpaired) electrons. The highest BCUT2D eigenvalue weighted by Gasteiger charge is 2.31. The number of benzene rings is 1. The molecule has 1 unspecified atom stereocenters. The molecule has 0 saturated carbocycles. The van der Waals surface area contributed by atoms with E-state index in [1.807, 2.05) is 0 Å². The molecule has 1 saturated heterocycles. The van der Waals surface area contributed by atoms with Gasteiger partial charge in [0.1, 0.15) is 0 Å². The molecule has 1 atom stereocenters. The lowest BCUT2D eigenvalue weighted by molar-refractivity contribution is -0.126. The number of hydrogen-bond acceptors (Lipinski definition) is 3. The van der Waals surface area contributed by atoms with Gasteiger partial charge < -0.3 is 5.32 Å². The number of nitrogens with zero attached hydrogens (tertiary/aromatic N) is 1. The summed E-state index contributed by atoms with van der Waals surface area (Å²) in [6.07, 6.45) is 3.39. The van der Waals surface area contributed by atoms with E-state index in [2.05, 4.69) is 37.4 Å². The van der Waals surface area contributed by atoms with Gasteiger partial charge in [0.2, 0.25) is 15.9 Å². The van der Waals surface area contributed by atoms with Crippen molar-refractivity contribution in [3.63, 3.8) is 0 Å². The molecule has 6 heteroatoms. The SMILES string of the molecule is CCc1ccc(CC)c(CNC(=O)C2CCCN(S(=O)(=O)CC)C2)c1. The quantitative estimate of drug-likeness (QED) is 0.806. The highest BCUT2D eigenvalue weighted by molar-refractivity contribution is 7.89. The molecule has 140 valence electrons. The second-order valence-corrected chi connectivity index (χ2v) is 8.88. The first kappa shape index (κ1) is 19.9. The number of nitrogens with one attached hydrogen (secondary N) is 1. The summed E-state index contributed by atoms with van der Waals surface area (Å²) in [6, 6.07) is 6.43. The number of carbonyl (C=O) groups excluding carboxylic acids is 1. The summed E-state index contributed by atoms with van der Waals surface area (Å²) >= 11 is 0. The summed E-state index contributed by atoms with van der Waals surface area (Å²) < 4.78 is 25.6. The minimum absolute atomic E-state index is 0.0417. The van der Waals surface area contributed by atoms with Crippen molar-refractivity contribution in [1.82, 2.24) is 9.62 Å². The van der Waals surface area contributed by atoms with Gasteiger partial charge in [0.05, 0.1) is 11.7 Å². The maximum absolute atomic E-state index is 12.6. The zero-order chi connectivity index (χ0) is 18.4. The molecule has 0 aromatic heterocycles. The summed E-state index contributed by atoms with van der Waals surface area (Å²) in [7, 11) is -3.22. The van der Waals surface area contributed by atoms with Crippen LogP contribution in [0.4, 0.5) is 0 Å². The van der Waals surface area contributed by atoms with Crippen molar-refractivity contribution >= 4 is 15.9 Å². The Morgan fingerprint density at radius 2 is 1.96 bits per heavy atom. The second kappa shape index (κ2) is 8.81. The van der Waals surface area contributed by atoms with Gasteiger partial charge in [0.25, 0.3) is 0 Å². The van der Waals surface area contributed by atoms with Gasteiger partial charge in [-0.25, -0.2) is 12.7 Å². The Morgan fingerprint density at radius 3 is 2.60 bits per heavy atom. The maximum atomic E-state index is 12.6. The molecule has 0 aliphatic carbocycles. The molecule has 1 aromatic rings. The van der Waals surface area contributed by atoms with Gasteiger partial charge in [0.15, 0.2) is 0 Å². The van der Waals surface area contributed by atoms with Crippen LogP contribution in [-0.4, -0.2) is 37.5 Å². The van der Waals surface area contributed by atoms with E-state index in [9.17, 15) is 13.2 Å². The average molecular weight is 367 g/mol. The molecule has 1 aliphatic heterocycles. The van der Waals surface area contributed by atoms with Gasteiger partial charge in [-0.1, -0.05) is 32.0 Å². The Hall–Kier alpha value is -1.40. The molecule has 1 aromatic carbocycles. The van der Waals surface area contributed by atoms with E-state index in [0.29, 0.717) is 19.6 Å². The summed E-state index contributed by atoms with van der Waals surface area (Å²) in [5, 5.41) is 3.02. The highest BCUT2D eigenvalue weighted by atomic mass is 32.2. The Labute approximate surface area is 151 Å². The van der Waals surface area contributed by atoms with Crippen molar-refractivity contribution in [2.45, 2.75) is 53.0 Å². The van der Waals surface area contributed by atoms with Crippen LogP contribution >= 0.6 is 0 Å². The fourth-order valence-electron chi connectivity index (χ4n) is 3.33. The third-order valence-corrected chi connectivity index (χ3v) is 6.87. The van der Waals surface area contributed by atoms with Crippen LogP contribution in [0.5, 0.6) is 0 Å². The zero-order valence-electron chi connectivity index (χ0n) is 15.5. The number of amides is 1. The minimum Gasteiger partial charge on any atom is -0.352 e. The summed E-state index contributed by atoms with van der Waals surface area (Å²) in [5.74, 6) is -0.208. The Balaban J connectivity index is 2.00. The number of rotatable bonds is 7. The molecule has 1 amide bonds. The third-order valence-electron chi connectivity index (χ3n) is 5.03. The molecular weight excluding hydrogens is 336 g/mol. The van der Waals surface area contributed by atoms with Crippen LogP contribution in [-0.2, 0) is 34.2 Å². The van der Waals surface area contributed by atoms with Gasteiger partial charge in [-0.2, -0.15) is 0 Å². The number of aryl methyl sites for hydroxylation is 2. The van der Waals surface area contributed by atoms with Gasteiger partial charge in [-0.15, -0.1) is 0 Å². The molecule has 5 nitrogen and oxygen atoms in total. The second-order valence-electron chi connectivity index (χ2n) is 6.63. The minimum atomic E-state index is -3.22. The standard InChI is InChI=1S/C19H30N2O3S/c1-4-15-9-10-16(5-2)18(12-15)13-20-19(22)17-8-7-11-21(14-17)25(23,24)6-3/h9-10,12,17H,4-8,11,13-14H2,1-3H3,(H,20,22). The largest absolute Gasteiger partial charge is 0.352 e. The molecule has 2 rings (SSSR count). The van der Waals surface area contributed by atoms with E-state index in [-0.39, 0.29) is 17.6 Å². The Kier molecular flexibility index (Phi) is 7.02. The number of hydrogen-bond donors (Lipinski definition) is 1. The van der Waals surface area contributed by atoms with Crippen molar-refractivity contribution in [2.24, 2.45) is 5.92 Å². The van der Waals surface area contributed by atoms with E-state index in [4.69, 9.17) is 0 Å². The summed E-state index contributed by atoms with van der Waals surface area (Å²) in [6.45, 7) is 7.21. The van der Waals surface area contributed by atoms with E-state index in [1.165, 1.54) is 15.4 Å². The van der Waals surface area contributed by atoms with Crippen LogP contribution in [0.2, 0.25) is 0 Å². The van der Waals surface area contributed by atoms with Crippen molar-refractivity contribution in [2.75, 3.05) is 18.8 Å². The molecule has 1 fully saturated rings. The Morgan fingerprint density at radius 1 is 1.20 bits per heavy atom. The highest BCUT2D eigenvalue weighted by Crippen LogP contribution is 2.20. The van der Waals surface area contributed by atoms with Crippen molar-refractivity contribution < 1.29 is 13.2 Å². The molecule has 0 bridgehead atoms. The van der Waals surface area contributed by atoms with Crippen LogP contribution in [0.15, 0.2) is 18.2 Å². The number of sulfonamides is 1. The monoisotopic (exact) mass is 366 g/mol. The van der Waals surface area contributed by atoms with E-state index in [1.54, 1.807) is 6.92 Å². The predicted molar refractivity (Wildman–Crippen MR) is 101 cm³/mol. The number of carbonyl (C=O) groups is 1. The summed E-state index contributed by atoms with van der Waals surface area (Å²) in [5.41, 5.74) is 3.67. The van der Waals surface area contributed by atoms with Crippen molar-refractivity contribution in [1.29, 1.82) is 0 Å². The topological polar surface area (TPSA) is 66.5 Å². The van der Waals surface area contributed by atoms with Gasteiger partial charge in [0, 0.05) is 19.6 Å². The third kappa shape index (κ3) is 5.05. The fourth-order valence-corrected chi connectivity index (χ4v) is 4.51. The lowest BCUT2D eigenvalue weighted by atomic mass is 9.97. The van der Waals surface area contributed by atoms with Gasteiger partial charge in [-0.3, -0.25) is 4.79 Å². The van der Waals surface area contributed by atoms with Crippen LogP contribution in [0, 0.1) is 5.92 Å². The molecule has 1 aliphatic rings. The first-order valence-electron chi connectivity index (χ1n) is 9.27. The Bertz CT molecular complexity index is 701. The normalized spacial score (nSPS) is 18.9. The van der Waals surface area contributed by atoms with Crippen LogP contribution < -0.4 is 5.32 Å². The predicted octanol–water partition coefficient (Wildman–Crippen LogP) is 2.49. The van der Waals surface area contributed by atoms with Crippen LogP contribution in [0.1, 0.15) is 50.3 Å². The average Bonchev–Trinajstić information content (AvgIpc) is 2.65. The van der Waals surface area contributed by atoms with Crippen molar-refractivity contribution in [3.8, 4) is 0 Å². The van der Waals surface area contributed by atoms with E-state index < -0.39 is 10.0 Å². The number of piperidine rings is 1. The van der Waals surface area contributed by atoms with E-state index in [0.717, 1.165) is 31.2 Å². The molecular formula is C19H30N2O3S. The van der Waals surface area contributed by atoms with Gasteiger partial charge in [-0.05, 0) is 49.3 Å². The molecule has 0 spiro atoms. The summed E-state index contributed by atoms with van der Waals surface area (Å²) in [4.78, 5) is 12.6. The van der Waals surface area contributed by atoms with Crippen LogP contribution in [0.25, 0.3) is 0 Å². The van der Waals surface area contributed by atoms with Crippen LogP contribution in [0.3, 0.4) is 0 Å². The molecule has 25 heavy (non-hydrogen) atoms. The first-order chi connectivity index (χ1) is 11.9. The smallest absolute Gasteiger partial charge is 0.224 e. The van der Waals surface area contributed by atoms with Crippen molar-refractivity contribution in [3.05, 3.63) is 34.9 Å². The van der Waals surface area contributed by atoms with E-state index >= 15 is 0 Å². The lowest BCUT2D eigenvalue weighted by Crippen LogP contribution is -2.45. The zero-order valence-corrected chi connectivity index (χ0v) is 16.4. The maximum Gasteiger partial charge on any atom is 0.224 e. The first-order valence-corrected chi connectivity index (χ1v) is 10.9. The molecule has 1 N–H and O–H groups in total.